The molecule has 2 rings (SSSR count). The summed E-state index contributed by atoms with van der Waals surface area (Å²) >= 11 is 0. The number of hydrogen-bond acceptors (Lipinski definition) is 3. The number of benzene rings is 1. The topological polar surface area (TPSA) is 47.6 Å². The number of nitrogens with one attached hydrogen (secondary N) is 1. The average Bonchev–Trinajstić information content (AvgIpc) is 2.57. The van der Waals surface area contributed by atoms with Gasteiger partial charge < -0.3 is 14.6 Å². The molecule has 0 aromatic heterocycles. The molecule has 1 saturated heterocycles. The van der Waals surface area contributed by atoms with Crippen LogP contribution in [-0.4, -0.2) is 31.3 Å². The minimum absolute atomic E-state index is 0.269. The predicted octanol–water partition coefficient (Wildman–Crippen LogP) is 1.48. The van der Waals surface area contributed by atoms with Crippen molar-refractivity contribution in [3.05, 3.63) is 29.6 Å². The van der Waals surface area contributed by atoms with Gasteiger partial charge in [0.05, 0.1) is 11.2 Å². The summed E-state index contributed by atoms with van der Waals surface area (Å²) in [6.07, 6.45) is 0. The van der Waals surface area contributed by atoms with Crippen LogP contribution >= 0.6 is 0 Å². The van der Waals surface area contributed by atoms with Gasteiger partial charge in [0.2, 0.25) is 0 Å². The standard InChI is InChI=1S/C14H19BFNO3/c1-13(2)14(3,4)20-15(19-13)10-7-6-9(8-11(10)16)12(18)17-5/h6-8H,1-5H3,(H,17,18). The van der Waals surface area contributed by atoms with Gasteiger partial charge in [0.25, 0.3) is 5.91 Å². The zero-order valence-corrected chi connectivity index (χ0v) is 12.4. The van der Waals surface area contributed by atoms with Crippen molar-refractivity contribution in [1.82, 2.24) is 5.32 Å². The summed E-state index contributed by atoms with van der Waals surface area (Å²) in [6.45, 7) is 7.63. The van der Waals surface area contributed by atoms with Crippen LogP contribution in [0.3, 0.4) is 0 Å². The third kappa shape index (κ3) is 2.45. The summed E-state index contributed by atoms with van der Waals surface area (Å²) in [6, 6.07) is 4.28. The zero-order chi connectivity index (χ0) is 15.1. The molecule has 0 radical (unpaired) electrons. The lowest BCUT2D eigenvalue weighted by Gasteiger charge is -2.32. The Morgan fingerprint density at radius 3 is 2.20 bits per heavy atom. The number of carbonyl (C=O) groups excluding carboxylic acids is 1. The van der Waals surface area contributed by atoms with E-state index in [2.05, 4.69) is 5.32 Å². The fourth-order valence-electron chi connectivity index (χ4n) is 1.97. The largest absolute Gasteiger partial charge is 0.497 e. The van der Waals surface area contributed by atoms with E-state index >= 15 is 0 Å². The molecule has 6 heteroatoms. The van der Waals surface area contributed by atoms with Gasteiger partial charge in [-0.1, -0.05) is 6.07 Å². The average molecular weight is 279 g/mol. The molecule has 0 spiro atoms. The van der Waals surface area contributed by atoms with E-state index in [0.717, 1.165) is 0 Å². The predicted molar refractivity (Wildman–Crippen MR) is 75.5 cm³/mol. The fraction of sp³-hybridized carbons (Fsp3) is 0.500. The zero-order valence-electron chi connectivity index (χ0n) is 12.4. The third-order valence-corrected chi connectivity index (χ3v) is 4.00. The first-order chi connectivity index (χ1) is 9.18. The molecule has 1 aliphatic rings. The number of halogens is 1. The molecular weight excluding hydrogens is 260 g/mol. The van der Waals surface area contributed by atoms with Crippen LogP contribution in [0.5, 0.6) is 0 Å². The van der Waals surface area contributed by atoms with E-state index in [1.54, 1.807) is 6.07 Å². The van der Waals surface area contributed by atoms with E-state index in [4.69, 9.17) is 9.31 Å². The molecule has 4 nitrogen and oxygen atoms in total. The second kappa shape index (κ2) is 4.86. The molecule has 1 N–H and O–H groups in total. The Morgan fingerprint density at radius 1 is 1.20 bits per heavy atom. The number of hydrogen-bond donors (Lipinski definition) is 1. The van der Waals surface area contributed by atoms with Crippen LogP contribution < -0.4 is 10.8 Å². The number of carbonyl (C=O) groups is 1. The molecule has 1 aromatic rings. The molecule has 0 bridgehead atoms. The van der Waals surface area contributed by atoms with Crippen molar-refractivity contribution in [3.63, 3.8) is 0 Å². The van der Waals surface area contributed by atoms with E-state index in [-0.39, 0.29) is 11.5 Å². The Balaban J connectivity index is 2.30. The molecule has 1 fully saturated rings. The van der Waals surface area contributed by atoms with E-state index < -0.39 is 24.1 Å². The maximum absolute atomic E-state index is 14.2. The minimum atomic E-state index is -0.765. The Morgan fingerprint density at radius 2 is 1.75 bits per heavy atom. The van der Waals surface area contributed by atoms with Gasteiger partial charge in [-0.15, -0.1) is 0 Å². The van der Waals surface area contributed by atoms with Gasteiger partial charge in [-0.3, -0.25) is 4.79 Å². The van der Waals surface area contributed by atoms with Crippen molar-refractivity contribution in [3.8, 4) is 0 Å². The molecule has 0 saturated carbocycles. The van der Waals surface area contributed by atoms with Gasteiger partial charge in [0.15, 0.2) is 0 Å². The first kappa shape index (κ1) is 15.0. The van der Waals surface area contributed by atoms with Crippen LogP contribution in [-0.2, 0) is 9.31 Å². The SMILES string of the molecule is CNC(=O)c1ccc(B2OC(C)(C)C(C)(C)O2)c(F)c1. The summed E-state index contributed by atoms with van der Waals surface area (Å²) in [5.41, 5.74) is -0.478. The quantitative estimate of drug-likeness (QED) is 0.834. The van der Waals surface area contributed by atoms with Crippen LogP contribution in [0.15, 0.2) is 18.2 Å². The van der Waals surface area contributed by atoms with Gasteiger partial charge in [-0.2, -0.15) is 0 Å². The molecule has 0 atom stereocenters. The molecular formula is C14H19BFNO3. The van der Waals surface area contributed by atoms with Gasteiger partial charge in [-0.25, -0.2) is 4.39 Å². The summed E-state index contributed by atoms with van der Waals surface area (Å²) in [7, 11) is 0.737. The first-order valence-electron chi connectivity index (χ1n) is 6.55. The second-order valence-electron chi connectivity index (χ2n) is 5.90. The van der Waals surface area contributed by atoms with Gasteiger partial charge in [0.1, 0.15) is 5.82 Å². The normalized spacial score (nSPS) is 20.0. The maximum Gasteiger partial charge on any atom is 0.497 e. The molecule has 20 heavy (non-hydrogen) atoms. The molecule has 0 aliphatic carbocycles. The highest BCUT2D eigenvalue weighted by Crippen LogP contribution is 2.36. The van der Waals surface area contributed by atoms with E-state index in [1.165, 1.54) is 19.2 Å². The van der Waals surface area contributed by atoms with Crippen LogP contribution in [0, 0.1) is 5.82 Å². The van der Waals surface area contributed by atoms with Gasteiger partial charge in [-0.05, 0) is 39.8 Å². The van der Waals surface area contributed by atoms with Crippen molar-refractivity contribution in [2.75, 3.05) is 7.05 Å². The monoisotopic (exact) mass is 279 g/mol. The third-order valence-electron chi connectivity index (χ3n) is 4.00. The summed E-state index contributed by atoms with van der Waals surface area (Å²) in [4.78, 5) is 11.5. The van der Waals surface area contributed by atoms with Crippen LogP contribution in [0.1, 0.15) is 38.1 Å². The fourth-order valence-corrected chi connectivity index (χ4v) is 1.97. The molecule has 108 valence electrons. The van der Waals surface area contributed by atoms with Crippen molar-refractivity contribution < 1.29 is 18.5 Å². The van der Waals surface area contributed by atoms with Crippen LogP contribution in [0.4, 0.5) is 4.39 Å². The van der Waals surface area contributed by atoms with Crippen molar-refractivity contribution in [2.24, 2.45) is 0 Å². The second-order valence-corrected chi connectivity index (χ2v) is 5.90. The van der Waals surface area contributed by atoms with E-state index in [1.807, 2.05) is 27.7 Å². The van der Waals surface area contributed by atoms with Crippen molar-refractivity contribution in [1.29, 1.82) is 0 Å². The molecule has 0 unspecified atom stereocenters. The van der Waals surface area contributed by atoms with Crippen LogP contribution in [0.2, 0.25) is 0 Å². The molecule has 1 aromatic carbocycles. The molecule has 1 heterocycles. The molecule has 1 amide bonds. The van der Waals surface area contributed by atoms with Crippen molar-refractivity contribution in [2.45, 2.75) is 38.9 Å². The first-order valence-corrected chi connectivity index (χ1v) is 6.55. The number of rotatable bonds is 2. The lowest BCUT2D eigenvalue weighted by atomic mass is 9.78. The Bertz CT molecular complexity index is 529. The lowest BCUT2D eigenvalue weighted by molar-refractivity contribution is 0.00578. The van der Waals surface area contributed by atoms with Crippen LogP contribution in [0.25, 0.3) is 0 Å². The lowest BCUT2D eigenvalue weighted by Crippen LogP contribution is -2.41. The van der Waals surface area contributed by atoms with E-state index in [0.29, 0.717) is 5.46 Å². The maximum atomic E-state index is 14.2. The van der Waals surface area contributed by atoms with Gasteiger partial charge >= 0.3 is 7.12 Å². The smallest absolute Gasteiger partial charge is 0.399 e. The van der Waals surface area contributed by atoms with E-state index in [9.17, 15) is 9.18 Å². The summed E-state index contributed by atoms with van der Waals surface area (Å²) < 4.78 is 25.8. The van der Waals surface area contributed by atoms with Gasteiger partial charge in [0, 0.05) is 18.1 Å². The highest BCUT2D eigenvalue weighted by Gasteiger charge is 2.52. The highest BCUT2D eigenvalue weighted by atomic mass is 19.1. The molecule has 1 aliphatic heterocycles. The van der Waals surface area contributed by atoms with Crippen molar-refractivity contribution >= 4 is 18.5 Å². The Labute approximate surface area is 118 Å². The summed E-state index contributed by atoms with van der Waals surface area (Å²) in [5, 5.41) is 2.46. The Hall–Kier alpha value is -1.40. The Kier molecular flexibility index (Phi) is 3.65. The number of amides is 1. The minimum Gasteiger partial charge on any atom is -0.399 e. The highest BCUT2D eigenvalue weighted by molar-refractivity contribution is 6.62. The summed E-state index contributed by atoms with van der Waals surface area (Å²) in [5.74, 6) is -0.839.